The van der Waals surface area contributed by atoms with Gasteiger partial charge in [0.1, 0.15) is 5.82 Å². The van der Waals surface area contributed by atoms with Gasteiger partial charge in [-0.1, -0.05) is 13.3 Å². The number of amides is 1. The van der Waals surface area contributed by atoms with Crippen LogP contribution in [0.15, 0.2) is 24.4 Å². The number of nitrogens with zero attached hydrogens (tertiary/aromatic N) is 1. The number of carbonyl (C=O) groups excluding carboxylic acids is 1. The number of rotatable bonds is 5. The summed E-state index contributed by atoms with van der Waals surface area (Å²) in [5.74, 6) is -0.0907. The number of hydrogen-bond acceptors (Lipinski definition) is 1. The molecule has 0 radical (unpaired) electrons. The van der Waals surface area contributed by atoms with E-state index in [1.54, 1.807) is 6.07 Å². The molecule has 0 atom stereocenters. The van der Waals surface area contributed by atoms with Crippen LogP contribution in [0.1, 0.15) is 38.2 Å². The van der Waals surface area contributed by atoms with Crippen molar-refractivity contribution in [2.75, 3.05) is 13.6 Å². The Bertz CT molecular complexity index is 672. The zero-order valence-electron chi connectivity index (χ0n) is 12.6. The smallest absolute Gasteiger partial charge is 0.233 e. The van der Waals surface area contributed by atoms with Gasteiger partial charge in [0.2, 0.25) is 5.91 Å². The van der Waals surface area contributed by atoms with Crippen LogP contribution < -0.4 is 0 Å². The molecule has 1 saturated carbocycles. The number of carbonyl (C=O) groups is 1. The molecule has 0 spiro atoms. The molecule has 1 fully saturated rings. The molecule has 1 N–H and O–H groups in total. The van der Waals surface area contributed by atoms with Crippen LogP contribution in [0.4, 0.5) is 4.39 Å². The molecule has 1 amide bonds. The summed E-state index contributed by atoms with van der Waals surface area (Å²) in [4.78, 5) is 17.8. The molecule has 1 aromatic heterocycles. The lowest BCUT2D eigenvalue weighted by atomic mass is 9.93. The van der Waals surface area contributed by atoms with E-state index in [4.69, 9.17) is 0 Å². The highest BCUT2D eigenvalue weighted by Gasteiger charge is 2.53. The van der Waals surface area contributed by atoms with Gasteiger partial charge in [-0.15, -0.1) is 0 Å². The first-order valence-electron chi connectivity index (χ1n) is 7.61. The number of nitrogens with one attached hydrogen (secondary N) is 1. The summed E-state index contributed by atoms with van der Waals surface area (Å²) in [7, 11) is 1.87. The van der Waals surface area contributed by atoms with Gasteiger partial charge in [0, 0.05) is 30.7 Å². The second-order valence-electron chi connectivity index (χ2n) is 6.05. The molecule has 1 aromatic carbocycles. The second kappa shape index (κ2) is 5.17. The van der Waals surface area contributed by atoms with E-state index in [1.165, 1.54) is 12.1 Å². The van der Waals surface area contributed by atoms with E-state index >= 15 is 0 Å². The Morgan fingerprint density at radius 1 is 1.43 bits per heavy atom. The summed E-state index contributed by atoms with van der Waals surface area (Å²) in [5.41, 5.74) is 1.40. The molecule has 21 heavy (non-hydrogen) atoms. The highest BCUT2D eigenvalue weighted by molar-refractivity contribution is 5.97. The lowest BCUT2D eigenvalue weighted by Crippen LogP contribution is -2.37. The molecular formula is C17H21FN2O. The lowest BCUT2D eigenvalue weighted by molar-refractivity contribution is -0.132. The molecule has 3 rings (SSSR count). The summed E-state index contributed by atoms with van der Waals surface area (Å²) in [6, 6.07) is 4.70. The molecule has 0 bridgehead atoms. The van der Waals surface area contributed by atoms with Crippen molar-refractivity contribution >= 4 is 16.8 Å². The maximum Gasteiger partial charge on any atom is 0.233 e. The van der Waals surface area contributed by atoms with Crippen LogP contribution in [0.25, 0.3) is 10.9 Å². The minimum Gasteiger partial charge on any atom is -0.361 e. The van der Waals surface area contributed by atoms with Crippen LogP contribution in [0.5, 0.6) is 0 Å². The van der Waals surface area contributed by atoms with Crippen molar-refractivity contribution in [3.05, 3.63) is 35.8 Å². The number of likely N-dealkylation sites (N-methyl/N-ethyl adjacent to an activating group) is 1. The third-order valence-corrected chi connectivity index (χ3v) is 4.51. The fourth-order valence-electron chi connectivity index (χ4n) is 3.07. The molecule has 1 aliphatic carbocycles. The fourth-order valence-corrected chi connectivity index (χ4v) is 3.07. The van der Waals surface area contributed by atoms with E-state index in [0.717, 1.165) is 48.7 Å². The molecular weight excluding hydrogens is 267 g/mol. The number of halogens is 1. The maximum atomic E-state index is 13.5. The highest BCUT2D eigenvalue weighted by Crippen LogP contribution is 2.51. The molecule has 2 aromatic rings. The van der Waals surface area contributed by atoms with E-state index in [9.17, 15) is 9.18 Å². The monoisotopic (exact) mass is 288 g/mol. The number of fused-ring (bicyclic) bond motifs is 1. The lowest BCUT2D eigenvalue weighted by Gasteiger charge is -2.23. The standard InChI is InChI=1S/C17H21FN2O/c1-3-4-9-20(2)16(21)17(7-8-17)14-11-19-15-6-5-12(18)10-13(14)15/h5-6,10-11,19H,3-4,7-9H2,1-2H3. The van der Waals surface area contributed by atoms with Crippen molar-refractivity contribution in [3.8, 4) is 0 Å². The van der Waals surface area contributed by atoms with Gasteiger partial charge >= 0.3 is 0 Å². The maximum absolute atomic E-state index is 13.5. The number of unbranched alkanes of at least 4 members (excludes halogenated alkanes) is 1. The number of aromatic nitrogens is 1. The normalized spacial score (nSPS) is 16.1. The van der Waals surface area contributed by atoms with Crippen LogP contribution in [0, 0.1) is 5.82 Å². The minimum absolute atomic E-state index is 0.168. The quantitative estimate of drug-likeness (QED) is 0.896. The zero-order chi connectivity index (χ0) is 15.0. The van der Waals surface area contributed by atoms with Crippen molar-refractivity contribution in [3.63, 3.8) is 0 Å². The Morgan fingerprint density at radius 2 is 2.19 bits per heavy atom. The fraction of sp³-hybridized carbons (Fsp3) is 0.471. The third-order valence-electron chi connectivity index (χ3n) is 4.51. The Kier molecular flexibility index (Phi) is 3.47. The SMILES string of the molecule is CCCCN(C)C(=O)C1(c2c[nH]c3ccc(F)cc23)CC1. The number of hydrogen-bond donors (Lipinski definition) is 1. The summed E-state index contributed by atoms with van der Waals surface area (Å²) in [6.07, 6.45) is 5.67. The Hall–Kier alpha value is -1.84. The molecule has 1 heterocycles. The predicted molar refractivity (Wildman–Crippen MR) is 81.7 cm³/mol. The molecule has 0 saturated heterocycles. The van der Waals surface area contributed by atoms with E-state index in [0.29, 0.717) is 0 Å². The van der Waals surface area contributed by atoms with Crippen molar-refractivity contribution < 1.29 is 9.18 Å². The van der Waals surface area contributed by atoms with Crippen LogP contribution in [-0.4, -0.2) is 29.4 Å². The molecule has 4 heteroatoms. The number of H-pyrrole nitrogens is 1. The average molecular weight is 288 g/mol. The van der Waals surface area contributed by atoms with Crippen molar-refractivity contribution in [1.29, 1.82) is 0 Å². The first-order valence-corrected chi connectivity index (χ1v) is 7.61. The Balaban J connectivity index is 1.94. The van der Waals surface area contributed by atoms with Crippen LogP contribution in [0.2, 0.25) is 0 Å². The van der Waals surface area contributed by atoms with Crippen LogP contribution in [0.3, 0.4) is 0 Å². The molecule has 0 unspecified atom stereocenters. The highest BCUT2D eigenvalue weighted by atomic mass is 19.1. The first-order chi connectivity index (χ1) is 10.1. The number of benzene rings is 1. The molecule has 112 valence electrons. The molecule has 0 aliphatic heterocycles. The topological polar surface area (TPSA) is 36.1 Å². The summed E-state index contributed by atoms with van der Waals surface area (Å²) in [5, 5.41) is 0.838. The van der Waals surface area contributed by atoms with Gasteiger partial charge in [-0.05, 0) is 43.0 Å². The van der Waals surface area contributed by atoms with Crippen molar-refractivity contribution in [1.82, 2.24) is 9.88 Å². The second-order valence-corrected chi connectivity index (χ2v) is 6.05. The summed E-state index contributed by atoms with van der Waals surface area (Å²) >= 11 is 0. The van der Waals surface area contributed by atoms with Crippen LogP contribution in [-0.2, 0) is 10.2 Å². The first kappa shape index (κ1) is 14.1. The summed E-state index contributed by atoms with van der Waals surface area (Å²) in [6.45, 7) is 2.90. The zero-order valence-corrected chi connectivity index (χ0v) is 12.6. The summed E-state index contributed by atoms with van der Waals surface area (Å²) < 4.78 is 13.5. The molecule has 3 nitrogen and oxygen atoms in total. The van der Waals surface area contributed by atoms with E-state index in [2.05, 4.69) is 11.9 Å². The van der Waals surface area contributed by atoms with Gasteiger partial charge in [0.05, 0.1) is 5.41 Å². The van der Waals surface area contributed by atoms with E-state index in [-0.39, 0.29) is 11.7 Å². The van der Waals surface area contributed by atoms with E-state index in [1.807, 2.05) is 18.1 Å². The van der Waals surface area contributed by atoms with Crippen LogP contribution >= 0.6 is 0 Å². The minimum atomic E-state index is -0.436. The number of aromatic amines is 1. The van der Waals surface area contributed by atoms with Gasteiger partial charge in [-0.3, -0.25) is 4.79 Å². The Morgan fingerprint density at radius 3 is 2.86 bits per heavy atom. The van der Waals surface area contributed by atoms with Crippen molar-refractivity contribution in [2.45, 2.75) is 38.0 Å². The molecule has 1 aliphatic rings. The van der Waals surface area contributed by atoms with Crippen molar-refractivity contribution in [2.24, 2.45) is 0 Å². The van der Waals surface area contributed by atoms with Gasteiger partial charge in [-0.2, -0.15) is 0 Å². The van der Waals surface area contributed by atoms with E-state index < -0.39 is 5.41 Å². The largest absolute Gasteiger partial charge is 0.361 e. The third kappa shape index (κ3) is 2.33. The van der Waals surface area contributed by atoms with Gasteiger partial charge in [-0.25, -0.2) is 4.39 Å². The van der Waals surface area contributed by atoms with Gasteiger partial charge in [0.25, 0.3) is 0 Å². The van der Waals surface area contributed by atoms with Gasteiger partial charge < -0.3 is 9.88 Å². The average Bonchev–Trinajstić information content (AvgIpc) is 3.18. The Labute approximate surface area is 124 Å². The van der Waals surface area contributed by atoms with Gasteiger partial charge in [0.15, 0.2) is 0 Å². The predicted octanol–water partition coefficient (Wildman–Crippen LogP) is 3.60.